The molecule has 0 saturated carbocycles. The van der Waals surface area contributed by atoms with E-state index < -0.39 is 28.9 Å². The van der Waals surface area contributed by atoms with Gasteiger partial charge in [0.15, 0.2) is 0 Å². The van der Waals surface area contributed by atoms with Crippen LogP contribution >= 0.6 is 0 Å². The van der Waals surface area contributed by atoms with E-state index in [1.807, 2.05) is 0 Å². The van der Waals surface area contributed by atoms with Gasteiger partial charge in [0.2, 0.25) is 5.69 Å². The van der Waals surface area contributed by atoms with E-state index in [1.54, 1.807) is 26.0 Å². The molecule has 4 aromatic carbocycles. The minimum Gasteiger partial charge on any atom is -0.513 e. The number of hydrogen-bond acceptors (Lipinski definition) is 5. The maximum atomic E-state index is 13.8. The SMILES string of the molecule is [C-]#[N+]c1cn(-c2[c-]ccc3c2oc2c(C(F)(F)F)cccc23)nc1C(C)(C)c1nn(-c2[c-]ccc3c2oc2c(C(F)(F)F)cccc23)cc1C#N.[Pt+2]. The van der Waals surface area contributed by atoms with E-state index in [1.165, 1.54) is 58.2 Å². The van der Waals surface area contributed by atoms with Gasteiger partial charge in [0, 0.05) is 39.7 Å². The predicted octanol–water partition coefficient (Wildman–Crippen LogP) is 10.2. The van der Waals surface area contributed by atoms with Gasteiger partial charge in [0.05, 0.1) is 34.7 Å². The molecule has 4 heterocycles. The summed E-state index contributed by atoms with van der Waals surface area (Å²) in [6.07, 6.45) is -6.57. The quantitative estimate of drug-likeness (QED) is 0.130. The van der Waals surface area contributed by atoms with Crippen molar-refractivity contribution >= 4 is 49.6 Å². The van der Waals surface area contributed by atoms with Crippen LogP contribution in [0.2, 0.25) is 0 Å². The van der Waals surface area contributed by atoms with Gasteiger partial charge in [-0.25, -0.2) is 4.85 Å². The van der Waals surface area contributed by atoms with E-state index in [-0.39, 0.29) is 88.2 Å². The molecule has 8 nitrogen and oxygen atoms in total. The van der Waals surface area contributed by atoms with Crippen LogP contribution in [0.1, 0.15) is 41.9 Å². The summed E-state index contributed by atoms with van der Waals surface area (Å²) in [4.78, 5) is 3.63. The molecule has 15 heteroatoms. The third-order valence-corrected chi connectivity index (χ3v) is 8.78. The van der Waals surface area contributed by atoms with Crippen LogP contribution in [0, 0.1) is 30.0 Å². The standard InChI is InChI=1S/C37H18F6N6O2.Pt/c1-35(2,33-19(16-44)17-48(46-33)27-14-6-10-22-20-8-4-12-24(36(38,39)40)29(20)50-31(22)27)34-26(45-3)18-49(47-34)28-15-7-11-23-21-9-5-13-25(37(41,42)43)30(21)51-32(23)28;/h4-13,17-18H,1-2H3;/q-2;+2. The second kappa shape index (κ2) is 11.9. The molecule has 0 saturated heterocycles. The fourth-order valence-electron chi connectivity index (χ4n) is 6.44. The van der Waals surface area contributed by atoms with Crippen molar-refractivity contribution in [2.45, 2.75) is 31.6 Å². The topological polar surface area (TPSA) is 90.1 Å². The molecule has 0 fully saturated rings. The van der Waals surface area contributed by atoms with Crippen molar-refractivity contribution in [2.24, 2.45) is 0 Å². The van der Waals surface area contributed by atoms with Crippen molar-refractivity contribution in [3.63, 3.8) is 0 Å². The second-order valence-corrected chi connectivity index (χ2v) is 12.2. The molecule has 0 unspecified atom stereocenters. The summed E-state index contributed by atoms with van der Waals surface area (Å²) >= 11 is 0. The maximum absolute atomic E-state index is 13.8. The molecule has 0 radical (unpaired) electrons. The average molecular weight is 888 g/mol. The van der Waals surface area contributed by atoms with Gasteiger partial charge in [0.25, 0.3) is 0 Å². The number of fused-ring (bicyclic) bond motifs is 6. The smallest absolute Gasteiger partial charge is 0.513 e. The van der Waals surface area contributed by atoms with Crippen molar-refractivity contribution in [3.05, 3.63) is 125 Å². The minimum absolute atomic E-state index is 0. The van der Waals surface area contributed by atoms with Crippen molar-refractivity contribution in [2.75, 3.05) is 0 Å². The Morgan fingerprint density at radius 1 is 0.712 bits per heavy atom. The number of hydrogen-bond donors (Lipinski definition) is 0. The largest absolute Gasteiger partial charge is 2.00 e. The fourth-order valence-corrected chi connectivity index (χ4v) is 6.44. The number of nitrogens with zero attached hydrogens (tertiary/aromatic N) is 6. The summed E-state index contributed by atoms with van der Waals surface area (Å²) in [6.45, 7) is 11.3. The zero-order valence-electron chi connectivity index (χ0n) is 26.5. The van der Waals surface area contributed by atoms with E-state index in [0.29, 0.717) is 10.8 Å². The van der Waals surface area contributed by atoms with Gasteiger partial charge in [0.1, 0.15) is 17.2 Å². The van der Waals surface area contributed by atoms with Gasteiger partial charge in [-0.05, 0) is 37.4 Å². The molecule has 0 aliphatic rings. The van der Waals surface area contributed by atoms with Gasteiger partial charge in [-0.15, -0.1) is 0 Å². The zero-order chi connectivity index (χ0) is 36.0. The van der Waals surface area contributed by atoms with Gasteiger partial charge < -0.3 is 8.83 Å². The Morgan fingerprint density at radius 3 is 1.63 bits per heavy atom. The van der Waals surface area contributed by atoms with Crippen LogP contribution in [0.4, 0.5) is 32.0 Å². The zero-order valence-corrected chi connectivity index (χ0v) is 28.8. The molecule has 4 aromatic heterocycles. The first-order valence-electron chi connectivity index (χ1n) is 15.1. The Morgan fingerprint density at radius 2 is 1.17 bits per heavy atom. The molecule has 0 aliphatic carbocycles. The van der Waals surface area contributed by atoms with Crippen LogP contribution < -0.4 is 0 Å². The number of alkyl halides is 6. The summed E-state index contributed by atoms with van der Waals surface area (Å²) in [6, 6.07) is 21.6. The normalized spacial score (nSPS) is 12.4. The molecule has 0 N–H and O–H groups in total. The molecular formula is C37H18F6N6O2Pt. The summed E-state index contributed by atoms with van der Waals surface area (Å²) < 4.78 is 97.1. The van der Waals surface area contributed by atoms with E-state index in [9.17, 15) is 31.6 Å². The number of nitriles is 1. The molecule has 260 valence electrons. The Bertz CT molecular complexity index is 2620. The minimum atomic E-state index is -4.67. The van der Waals surface area contributed by atoms with Crippen LogP contribution in [-0.2, 0) is 38.8 Å². The van der Waals surface area contributed by atoms with Crippen LogP contribution in [0.15, 0.2) is 81.9 Å². The Hall–Kier alpha value is -5.85. The van der Waals surface area contributed by atoms with Gasteiger partial charge in [-0.1, -0.05) is 35.0 Å². The van der Waals surface area contributed by atoms with Crippen molar-refractivity contribution in [1.29, 1.82) is 5.26 Å². The Kier molecular flexibility index (Phi) is 7.89. The number of benzene rings is 4. The fraction of sp³-hybridized carbons (Fsp3) is 0.135. The molecule has 0 bridgehead atoms. The van der Waals surface area contributed by atoms with E-state index in [4.69, 9.17) is 15.4 Å². The number of rotatable bonds is 4. The molecule has 52 heavy (non-hydrogen) atoms. The third-order valence-electron chi connectivity index (χ3n) is 8.78. The van der Waals surface area contributed by atoms with Gasteiger partial charge in [-0.2, -0.15) is 78.2 Å². The summed E-state index contributed by atoms with van der Waals surface area (Å²) in [5, 5.41) is 20.7. The van der Waals surface area contributed by atoms with Crippen molar-refractivity contribution in [1.82, 2.24) is 19.6 Å². The van der Waals surface area contributed by atoms with Crippen molar-refractivity contribution < 1.29 is 56.2 Å². The monoisotopic (exact) mass is 887 g/mol. The molecule has 0 aliphatic heterocycles. The maximum Gasteiger partial charge on any atom is 2.00 e. The van der Waals surface area contributed by atoms with Crippen LogP contribution in [0.5, 0.6) is 0 Å². The van der Waals surface area contributed by atoms with E-state index >= 15 is 0 Å². The molecule has 8 aromatic rings. The average Bonchev–Trinajstić information content (AvgIpc) is 3.89. The first-order valence-corrected chi connectivity index (χ1v) is 15.1. The Labute approximate surface area is 303 Å². The first kappa shape index (κ1) is 34.6. The summed E-state index contributed by atoms with van der Waals surface area (Å²) in [5.74, 6) is 0. The second-order valence-electron chi connectivity index (χ2n) is 12.2. The predicted molar refractivity (Wildman–Crippen MR) is 172 cm³/mol. The number of para-hydroxylation sites is 2. The third kappa shape index (κ3) is 5.17. The number of halogens is 6. The first-order chi connectivity index (χ1) is 24.2. The molecule has 0 amide bonds. The van der Waals surface area contributed by atoms with Gasteiger partial charge in [-0.3, -0.25) is 9.36 Å². The number of aromatic nitrogens is 4. The van der Waals surface area contributed by atoms with Gasteiger partial charge >= 0.3 is 33.4 Å². The van der Waals surface area contributed by atoms with E-state index in [0.717, 1.165) is 12.1 Å². The van der Waals surface area contributed by atoms with E-state index in [2.05, 4.69) is 33.2 Å². The van der Waals surface area contributed by atoms with Crippen LogP contribution in [-0.4, -0.2) is 19.6 Å². The summed E-state index contributed by atoms with van der Waals surface area (Å²) in [7, 11) is 0. The van der Waals surface area contributed by atoms with Crippen molar-refractivity contribution in [3.8, 4) is 17.4 Å². The molecular weight excluding hydrogens is 870 g/mol. The van der Waals surface area contributed by atoms with Crippen LogP contribution in [0.3, 0.4) is 0 Å². The summed E-state index contributed by atoms with van der Waals surface area (Å²) in [5.41, 5.74) is -2.91. The molecule has 0 spiro atoms. The Balaban J connectivity index is 0.00000420. The number of furan rings is 2. The molecule has 0 atom stereocenters. The van der Waals surface area contributed by atoms with Crippen LogP contribution in [0.25, 0.3) is 60.1 Å². The molecule has 8 rings (SSSR count).